The molecule has 0 heterocycles. The number of benzene rings is 12. The van der Waals surface area contributed by atoms with Gasteiger partial charge in [-0.3, -0.25) is 0 Å². The second-order valence-corrected chi connectivity index (χ2v) is 23.4. The first-order valence-corrected chi connectivity index (χ1v) is 30.4. The summed E-state index contributed by atoms with van der Waals surface area (Å²) in [7, 11) is 0. The van der Waals surface area contributed by atoms with Gasteiger partial charge in [0.1, 0.15) is 24.7 Å². The van der Waals surface area contributed by atoms with Crippen LogP contribution in [0.15, 0.2) is 304 Å². The van der Waals surface area contributed by atoms with E-state index >= 15 is 0 Å². The molecule has 2 atom stereocenters. The van der Waals surface area contributed by atoms with Crippen LogP contribution in [0.25, 0.3) is 33.4 Å². The van der Waals surface area contributed by atoms with E-state index in [4.69, 9.17) is 9.47 Å². The second kappa shape index (κ2) is 23.0. The van der Waals surface area contributed by atoms with Crippen LogP contribution in [0.1, 0.15) is 66.8 Å². The van der Waals surface area contributed by atoms with Crippen LogP contribution in [0.3, 0.4) is 0 Å². The maximum atomic E-state index is 6.06. The summed E-state index contributed by atoms with van der Waals surface area (Å²) >= 11 is 0. The summed E-state index contributed by atoms with van der Waals surface area (Å²) in [6.45, 7) is 17.6. The lowest BCUT2D eigenvalue weighted by Gasteiger charge is -2.36. The molecule has 0 N–H and O–H groups in total. The molecule has 0 radical (unpaired) electrons. The fourth-order valence-corrected chi connectivity index (χ4v) is 14.3. The van der Waals surface area contributed by atoms with Gasteiger partial charge in [-0.15, -0.1) is 0 Å². The van der Waals surface area contributed by atoms with Gasteiger partial charge in [-0.2, -0.15) is 0 Å². The van der Waals surface area contributed by atoms with Crippen LogP contribution in [-0.2, 0) is 10.8 Å². The van der Waals surface area contributed by atoms with Crippen LogP contribution in [-0.4, -0.2) is 13.2 Å². The van der Waals surface area contributed by atoms with Crippen molar-refractivity contribution in [3.8, 4) is 44.9 Å². The molecule has 2 unspecified atom stereocenters. The lowest BCUT2D eigenvalue weighted by Crippen LogP contribution is -2.30. The van der Waals surface area contributed by atoms with Crippen LogP contribution in [0.4, 0.5) is 34.1 Å². The molecule has 0 spiro atoms. The molecular weight excluding hydrogens is 1070 g/mol. The zero-order valence-corrected chi connectivity index (χ0v) is 50.3. The van der Waals surface area contributed by atoms with Crippen LogP contribution in [0, 0.1) is 27.7 Å². The van der Waals surface area contributed by atoms with Crippen molar-refractivity contribution in [2.24, 2.45) is 0 Å². The highest BCUT2D eigenvalue weighted by Crippen LogP contribution is 2.60. The Bertz CT molecular complexity index is 4570. The van der Waals surface area contributed by atoms with Gasteiger partial charge >= 0.3 is 0 Å². The normalized spacial score (nSPS) is 15.1. The van der Waals surface area contributed by atoms with Crippen molar-refractivity contribution in [2.45, 2.75) is 38.5 Å². The molecule has 0 aliphatic heterocycles. The van der Waals surface area contributed by atoms with Crippen LogP contribution >= 0.6 is 0 Å². The molecule has 0 aromatic heterocycles. The zero-order valence-electron chi connectivity index (χ0n) is 50.3. The van der Waals surface area contributed by atoms with Crippen molar-refractivity contribution in [1.29, 1.82) is 0 Å². The van der Waals surface area contributed by atoms with Crippen molar-refractivity contribution in [3.63, 3.8) is 0 Å². The Morgan fingerprint density at radius 2 is 0.693 bits per heavy atom. The van der Waals surface area contributed by atoms with Crippen molar-refractivity contribution in [1.82, 2.24) is 0 Å². The van der Waals surface area contributed by atoms with Crippen molar-refractivity contribution >= 4 is 34.1 Å². The minimum Gasteiger partial charge on any atom is -0.490 e. The smallest absolute Gasteiger partial charge is 0.119 e. The molecule has 12 aromatic carbocycles. The second-order valence-electron chi connectivity index (χ2n) is 23.4. The van der Waals surface area contributed by atoms with Gasteiger partial charge in [-0.05, 0) is 214 Å². The quantitative estimate of drug-likeness (QED) is 0.0849. The average molecular weight is 1140 g/mol. The largest absolute Gasteiger partial charge is 0.490 e. The summed E-state index contributed by atoms with van der Waals surface area (Å²) in [5.74, 6) is 1.63. The van der Waals surface area contributed by atoms with Crippen molar-refractivity contribution in [2.75, 3.05) is 23.0 Å². The third-order valence-corrected chi connectivity index (χ3v) is 18.1. The Morgan fingerprint density at radius 3 is 1.15 bits per heavy atom. The summed E-state index contributed by atoms with van der Waals surface area (Å²) in [5, 5.41) is 0. The first-order valence-electron chi connectivity index (χ1n) is 30.4. The Labute approximate surface area is 518 Å². The number of fused-ring (bicyclic) bond motifs is 6. The fraction of sp³-hybridized carbons (Fsp3) is 0.0952. The highest BCUT2D eigenvalue weighted by atomic mass is 16.5. The number of hydrogen-bond donors (Lipinski definition) is 0. The molecular formula is C84H68N2O2. The summed E-state index contributed by atoms with van der Waals surface area (Å²) in [5.41, 5.74) is 27.2. The maximum Gasteiger partial charge on any atom is 0.119 e. The van der Waals surface area contributed by atoms with Gasteiger partial charge in [-0.25, -0.2) is 0 Å². The monoisotopic (exact) mass is 1140 g/mol. The van der Waals surface area contributed by atoms with Gasteiger partial charge in [0.2, 0.25) is 0 Å². The Kier molecular flexibility index (Phi) is 14.4. The number of rotatable bonds is 17. The van der Waals surface area contributed by atoms with Crippen LogP contribution < -0.4 is 19.3 Å². The van der Waals surface area contributed by atoms with E-state index in [1.54, 1.807) is 12.2 Å². The third kappa shape index (κ3) is 9.32. The molecule has 14 rings (SSSR count). The number of aryl methyl sites for hydroxylation is 4. The Balaban J connectivity index is 0.850. The minimum absolute atomic E-state index is 0.446. The standard InChI is InChI=1S/C84H68N2O2/c1-7-51-87-71-44-34-63(35-45-71)83(77-50-28-57(3)53-60(77)6)78-25-17-15-23-73(78)75-48-42-69(55-81(75)83)85(65-19-11-9-12-20-65)67-38-30-61(31-39-67)62-32-40-68(41-33-62)86(66-21-13-10-14-22-66)70-43-49-76-74-24-16-18-26-79(74)84(82(76)56-70,80-54-58(4)27-29-59(80)5)64-36-46-72(47-37-64)88-52-8-2/h7-50,53-56H,1-2,51-52H2,3-6H3. The molecule has 12 aromatic rings. The van der Waals surface area contributed by atoms with Gasteiger partial charge in [0.15, 0.2) is 0 Å². The highest BCUT2D eigenvalue weighted by molar-refractivity contribution is 5.92. The number of hydrogen-bond acceptors (Lipinski definition) is 4. The van der Waals surface area contributed by atoms with Gasteiger partial charge in [0, 0.05) is 34.1 Å². The Morgan fingerprint density at radius 1 is 0.307 bits per heavy atom. The van der Waals surface area contributed by atoms with Crippen LogP contribution in [0.5, 0.6) is 11.5 Å². The van der Waals surface area contributed by atoms with Gasteiger partial charge < -0.3 is 19.3 Å². The van der Waals surface area contributed by atoms with Crippen molar-refractivity contribution in [3.05, 3.63) is 371 Å². The van der Waals surface area contributed by atoms with Gasteiger partial charge in [-0.1, -0.05) is 218 Å². The van der Waals surface area contributed by atoms with E-state index in [1.807, 2.05) is 0 Å². The molecule has 0 saturated carbocycles. The third-order valence-electron chi connectivity index (χ3n) is 18.1. The number of anilines is 6. The number of para-hydroxylation sites is 2. The zero-order chi connectivity index (χ0) is 59.9. The topological polar surface area (TPSA) is 24.9 Å². The minimum atomic E-state index is -0.616. The van der Waals surface area contributed by atoms with Crippen LogP contribution in [0.2, 0.25) is 0 Å². The molecule has 426 valence electrons. The average Bonchev–Trinajstić information content (AvgIpc) is 1.55. The predicted octanol–water partition coefficient (Wildman–Crippen LogP) is 21.4. The molecule has 2 aliphatic rings. The lowest BCUT2D eigenvalue weighted by atomic mass is 9.66. The molecule has 0 amide bonds. The number of nitrogens with zero attached hydrogens (tertiary/aromatic N) is 2. The molecule has 4 heteroatoms. The molecule has 0 bridgehead atoms. The van der Waals surface area contributed by atoms with E-state index in [9.17, 15) is 0 Å². The molecule has 0 fully saturated rings. The van der Waals surface area contributed by atoms with Gasteiger partial charge in [0.25, 0.3) is 0 Å². The predicted molar refractivity (Wildman–Crippen MR) is 366 cm³/mol. The maximum absolute atomic E-state index is 6.06. The van der Waals surface area contributed by atoms with E-state index in [0.717, 1.165) is 56.8 Å². The molecule has 4 nitrogen and oxygen atoms in total. The summed E-state index contributed by atoms with van der Waals surface area (Å²) in [6.07, 6.45) is 3.57. The Hall–Kier alpha value is -10.7. The number of ether oxygens (including phenoxy) is 2. The summed E-state index contributed by atoms with van der Waals surface area (Å²) < 4.78 is 12.1. The first kappa shape index (κ1) is 55.2. The van der Waals surface area contributed by atoms with E-state index < -0.39 is 10.8 Å². The summed E-state index contributed by atoms with van der Waals surface area (Å²) in [6, 6.07) is 103. The van der Waals surface area contributed by atoms with Crippen molar-refractivity contribution < 1.29 is 9.47 Å². The summed E-state index contributed by atoms with van der Waals surface area (Å²) in [4.78, 5) is 4.79. The van der Waals surface area contributed by atoms with E-state index in [0.29, 0.717) is 13.2 Å². The molecule has 2 aliphatic carbocycles. The fourth-order valence-electron chi connectivity index (χ4n) is 14.3. The van der Waals surface area contributed by atoms with Gasteiger partial charge in [0.05, 0.1) is 10.8 Å². The first-order chi connectivity index (χ1) is 43.2. The lowest BCUT2D eigenvalue weighted by molar-refractivity contribution is 0.363. The van der Waals surface area contributed by atoms with E-state index in [2.05, 4.69) is 330 Å². The SMILES string of the molecule is C=CCOc1ccc(C2(c3ccc(C)cc3C)c3ccccc3-c3ccc(N(c4ccccc4)c4ccc(-c5ccc(N(c6ccccc6)c6ccc7c(c6)C(c6ccc(OCC=C)cc6)(c6cc(C)ccc6C)c6ccccc6-7)cc5)cc4)cc32)cc1. The molecule has 88 heavy (non-hydrogen) atoms. The van der Waals surface area contributed by atoms with E-state index in [1.165, 1.54) is 89.0 Å². The highest BCUT2D eigenvalue weighted by Gasteiger charge is 2.49. The van der Waals surface area contributed by atoms with E-state index in [-0.39, 0.29) is 0 Å². The molecule has 0 saturated heterocycles.